The second-order valence-corrected chi connectivity index (χ2v) is 3.91. The smallest absolute Gasteiger partial charge is 0.0574 e. The molecule has 2 heteroatoms. The maximum atomic E-state index is 3.90. The minimum Gasteiger partial charge on any atom is -0.158 e. The van der Waals surface area contributed by atoms with Crippen LogP contribution in [0.3, 0.4) is 0 Å². The number of rotatable bonds is 4. The van der Waals surface area contributed by atoms with Gasteiger partial charge in [0.25, 0.3) is 0 Å². The Bertz CT molecular complexity index is 437. The molecule has 1 heterocycles. The predicted molar refractivity (Wildman–Crippen MR) is 62.8 cm³/mol. The van der Waals surface area contributed by atoms with Gasteiger partial charge in [-0.15, -0.1) is 0 Å². The van der Waals surface area contributed by atoms with Gasteiger partial charge in [-0.3, -0.25) is 0 Å². The number of benzene rings is 1. The number of aryl methyl sites for hydroxylation is 1. The van der Waals surface area contributed by atoms with Crippen LogP contribution in [-0.4, -0.2) is 10.2 Å². The van der Waals surface area contributed by atoms with E-state index in [4.69, 9.17) is 0 Å². The molecule has 2 rings (SSSR count). The van der Waals surface area contributed by atoms with Crippen molar-refractivity contribution in [2.45, 2.75) is 32.6 Å². The summed E-state index contributed by atoms with van der Waals surface area (Å²) in [5.41, 5.74) is 1.41. The fraction of sp³-hybridized carbons (Fsp3) is 0.385. The summed E-state index contributed by atoms with van der Waals surface area (Å²) < 4.78 is 0. The predicted octanol–water partition coefficient (Wildman–Crippen LogP) is 3.36. The SMILES string of the molecule is CCCCCc1ccc2cnncc2c1. The Kier molecular flexibility index (Phi) is 3.28. The van der Waals surface area contributed by atoms with Crippen molar-refractivity contribution in [2.24, 2.45) is 0 Å². The second-order valence-electron chi connectivity index (χ2n) is 3.91. The Morgan fingerprint density at radius 2 is 1.80 bits per heavy atom. The average molecular weight is 200 g/mol. The summed E-state index contributed by atoms with van der Waals surface area (Å²) in [7, 11) is 0. The molecule has 0 amide bonds. The first-order chi connectivity index (χ1) is 7.40. The standard InChI is InChI=1S/C13H16N2/c1-2-3-4-5-11-6-7-12-9-14-15-10-13(12)8-11/h6-10H,2-5H2,1H3. The van der Waals surface area contributed by atoms with Crippen LogP contribution in [0.25, 0.3) is 10.8 Å². The summed E-state index contributed by atoms with van der Waals surface area (Å²) in [6.07, 6.45) is 8.68. The molecule has 0 bridgehead atoms. The van der Waals surface area contributed by atoms with Crippen LogP contribution < -0.4 is 0 Å². The molecule has 2 aromatic rings. The molecule has 0 fully saturated rings. The monoisotopic (exact) mass is 200 g/mol. The fourth-order valence-corrected chi connectivity index (χ4v) is 1.78. The molecule has 0 aliphatic carbocycles. The van der Waals surface area contributed by atoms with Gasteiger partial charge < -0.3 is 0 Å². The Morgan fingerprint density at radius 1 is 1.00 bits per heavy atom. The highest BCUT2D eigenvalue weighted by atomic mass is 15.1. The zero-order valence-corrected chi connectivity index (χ0v) is 9.11. The molecular formula is C13H16N2. The minimum atomic E-state index is 1.17. The van der Waals surface area contributed by atoms with Crippen molar-refractivity contribution in [3.05, 3.63) is 36.2 Å². The highest BCUT2D eigenvalue weighted by molar-refractivity contribution is 5.81. The molecule has 0 radical (unpaired) electrons. The third-order valence-electron chi connectivity index (χ3n) is 2.68. The molecule has 15 heavy (non-hydrogen) atoms. The van der Waals surface area contributed by atoms with E-state index < -0.39 is 0 Å². The van der Waals surface area contributed by atoms with Gasteiger partial charge in [0, 0.05) is 10.8 Å². The molecule has 1 aromatic heterocycles. The first-order valence-corrected chi connectivity index (χ1v) is 5.59. The van der Waals surface area contributed by atoms with E-state index in [1.165, 1.54) is 42.0 Å². The normalized spacial score (nSPS) is 10.7. The van der Waals surface area contributed by atoms with E-state index >= 15 is 0 Å². The van der Waals surface area contributed by atoms with Crippen molar-refractivity contribution in [3.63, 3.8) is 0 Å². The van der Waals surface area contributed by atoms with Crippen LogP contribution in [0.1, 0.15) is 31.7 Å². The van der Waals surface area contributed by atoms with E-state index in [1.54, 1.807) is 0 Å². The van der Waals surface area contributed by atoms with Crippen molar-refractivity contribution < 1.29 is 0 Å². The van der Waals surface area contributed by atoms with Crippen molar-refractivity contribution in [1.82, 2.24) is 10.2 Å². The van der Waals surface area contributed by atoms with Crippen LogP contribution in [0.4, 0.5) is 0 Å². The van der Waals surface area contributed by atoms with Crippen LogP contribution in [0, 0.1) is 0 Å². The topological polar surface area (TPSA) is 25.8 Å². The van der Waals surface area contributed by atoms with Gasteiger partial charge in [0.05, 0.1) is 12.4 Å². The molecule has 0 aliphatic heterocycles. The zero-order valence-electron chi connectivity index (χ0n) is 9.11. The maximum absolute atomic E-state index is 3.90. The summed E-state index contributed by atoms with van der Waals surface area (Å²) in [5.74, 6) is 0. The second kappa shape index (κ2) is 4.87. The third kappa shape index (κ3) is 2.52. The third-order valence-corrected chi connectivity index (χ3v) is 2.68. The van der Waals surface area contributed by atoms with Crippen LogP contribution in [-0.2, 0) is 6.42 Å². The molecule has 1 aromatic carbocycles. The summed E-state index contributed by atoms with van der Waals surface area (Å²) in [5, 5.41) is 10.1. The van der Waals surface area contributed by atoms with Gasteiger partial charge in [0.1, 0.15) is 0 Å². The lowest BCUT2D eigenvalue weighted by Crippen LogP contribution is -1.87. The summed E-state index contributed by atoms with van der Waals surface area (Å²) in [6, 6.07) is 6.55. The van der Waals surface area contributed by atoms with E-state index in [-0.39, 0.29) is 0 Å². The Balaban J connectivity index is 2.16. The molecule has 0 unspecified atom stereocenters. The Hall–Kier alpha value is -1.44. The molecule has 0 N–H and O–H groups in total. The van der Waals surface area contributed by atoms with Crippen molar-refractivity contribution in [2.75, 3.05) is 0 Å². The summed E-state index contributed by atoms with van der Waals surface area (Å²) in [6.45, 7) is 2.23. The number of unbranched alkanes of at least 4 members (excludes halogenated alkanes) is 2. The number of fused-ring (bicyclic) bond motifs is 1. The Labute approximate surface area is 90.3 Å². The lowest BCUT2D eigenvalue weighted by Gasteiger charge is -2.02. The van der Waals surface area contributed by atoms with Gasteiger partial charge >= 0.3 is 0 Å². The number of hydrogen-bond donors (Lipinski definition) is 0. The molecule has 0 spiro atoms. The van der Waals surface area contributed by atoms with Crippen LogP contribution >= 0.6 is 0 Å². The maximum Gasteiger partial charge on any atom is 0.0574 e. The van der Waals surface area contributed by atoms with Crippen molar-refractivity contribution in [3.8, 4) is 0 Å². The number of aromatic nitrogens is 2. The minimum absolute atomic E-state index is 1.17. The Morgan fingerprint density at radius 3 is 2.60 bits per heavy atom. The molecule has 78 valence electrons. The molecule has 0 saturated carbocycles. The first-order valence-electron chi connectivity index (χ1n) is 5.59. The van der Waals surface area contributed by atoms with Crippen LogP contribution in [0.5, 0.6) is 0 Å². The lowest BCUT2D eigenvalue weighted by molar-refractivity contribution is 0.718. The van der Waals surface area contributed by atoms with E-state index in [0.29, 0.717) is 0 Å². The average Bonchev–Trinajstić information content (AvgIpc) is 2.29. The zero-order chi connectivity index (χ0) is 10.5. The summed E-state index contributed by atoms with van der Waals surface area (Å²) in [4.78, 5) is 0. The fourth-order valence-electron chi connectivity index (χ4n) is 1.78. The lowest BCUT2D eigenvalue weighted by atomic mass is 10.0. The highest BCUT2D eigenvalue weighted by Gasteiger charge is 1.96. The quantitative estimate of drug-likeness (QED) is 0.707. The molecule has 2 nitrogen and oxygen atoms in total. The van der Waals surface area contributed by atoms with Gasteiger partial charge in [-0.05, 0) is 24.5 Å². The molecule has 0 saturated heterocycles. The molecular weight excluding hydrogens is 184 g/mol. The highest BCUT2D eigenvalue weighted by Crippen LogP contribution is 2.15. The van der Waals surface area contributed by atoms with Crippen LogP contribution in [0.2, 0.25) is 0 Å². The van der Waals surface area contributed by atoms with E-state index in [9.17, 15) is 0 Å². The number of hydrogen-bond acceptors (Lipinski definition) is 2. The molecule has 0 aliphatic rings. The van der Waals surface area contributed by atoms with E-state index in [0.717, 1.165) is 0 Å². The van der Waals surface area contributed by atoms with Crippen molar-refractivity contribution >= 4 is 10.8 Å². The van der Waals surface area contributed by atoms with Crippen LogP contribution in [0.15, 0.2) is 30.6 Å². The van der Waals surface area contributed by atoms with Gasteiger partial charge in [-0.2, -0.15) is 10.2 Å². The largest absolute Gasteiger partial charge is 0.158 e. The van der Waals surface area contributed by atoms with Gasteiger partial charge in [-0.25, -0.2) is 0 Å². The van der Waals surface area contributed by atoms with Gasteiger partial charge in [0.15, 0.2) is 0 Å². The van der Waals surface area contributed by atoms with Gasteiger partial charge in [0.2, 0.25) is 0 Å². The van der Waals surface area contributed by atoms with Crippen molar-refractivity contribution in [1.29, 1.82) is 0 Å². The number of nitrogens with zero attached hydrogens (tertiary/aromatic N) is 2. The van der Waals surface area contributed by atoms with E-state index in [1.807, 2.05) is 12.4 Å². The van der Waals surface area contributed by atoms with Gasteiger partial charge in [-0.1, -0.05) is 31.9 Å². The summed E-state index contributed by atoms with van der Waals surface area (Å²) >= 11 is 0. The van der Waals surface area contributed by atoms with E-state index in [2.05, 4.69) is 35.3 Å². The molecule has 0 atom stereocenters. The first kappa shape index (κ1) is 10.1.